The molecule has 3 rings (SSSR count). The van der Waals surface area contributed by atoms with Gasteiger partial charge >= 0.3 is 0 Å². The number of aromatic nitrogens is 1. The fraction of sp³-hybridized carbons (Fsp3) is 0.333. The molecule has 112 valence electrons. The lowest BCUT2D eigenvalue weighted by molar-refractivity contribution is 0.523. The third-order valence-electron chi connectivity index (χ3n) is 4.09. The van der Waals surface area contributed by atoms with Crippen molar-refractivity contribution in [3.05, 3.63) is 53.7 Å². The van der Waals surface area contributed by atoms with Crippen molar-refractivity contribution < 1.29 is 0 Å². The van der Waals surface area contributed by atoms with E-state index < -0.39 is 0 Å². The topological polar surface area (TPSA) is 52.0 Å². The van der Waals surface area contributed by atoms with Crippen LogP contribution in [-0.2, 0) is 0 Å². The van der Waals surface area contributed by atoms with E-state index >= 15 is 0 Å². The molecular formula is C18H20N4. The zero-order chi connectivity index (χ0) is 15.4. The minimum atomic E-state index is 0.479. The van der Waals surface area contributed by atoms with Gasteiger partial charge in [0, 0.05) is 31.0 Å². The van der Waals surface area contributed by atoms with Crippen LogP contribution in [0.25, 0.3) is 0 Å². The van der Waals surface area contributed by atoms with Gasteiger partial charge in [-0.1, -0.05) is 12.1 Å². The fourth-order valence-electron chi connectivity index (χ4n) is 2.94. The summed E-state index contributed by atoms with van der Waals surface area (Å²) in [5, 5.41) is 12.8. The summed E-state index contributed by atoms with van der Waals surface area (Å²) in [7, 11) is 0. The standard InChI is InChI=1S/C18H20N4/c1-14-4-2-6-17(12-14)21-16-7-10-22(11-8-16)18-15(13-19)5-3-9-20-18/h2-6,9,12,16,21H,7-8,10-11H2,1H3. The Kier molecular flexibility index (Phi) is 4.24. The zero-order valence-electron chi connectivity index (χ0n) is 12.8. The second kappa shape index (κ2) is 6.48. The molecule has 2 heterocycles. The summed E-state index contributed by atoms with van der Waals surface area (Å²) in [6.07, 6.45) is 3.86. The number of piperidine rings is 1. The van der Waals surface area contributed by atoms with Gasteiger partial charge in [-0.05, 0) is 49.6 Å². The minimum absolute atomic E-state index is 0.479. The Bertz CT molecular complexity index is 681. The maximum Gasteiger partial charge on any atom is 0.146 e. The molecule has 2 aromatic rings. The van der Waals surface area contributed by atoms with E-state index in [0.717, 1.165) is 31.7 Å². The molecule has 4 nitrogen and oxygen atoms in total. The number of hydrogen-bond donors (Lipinski definition) is 1. The number of nitrogens with zero attached hydrogens (tertiary/aromatic N) is 3. The van der Waals surface area contributed by atoms with Crippen molar-refractivity contribution in [3.63, 3.8) is 0 Å². The maximum absolute atomic E-state index is 9.19. The average molecular weight is 292 g/mol. The molecule has 1 fully saturated rings. The van der Waals surface area contributed by atoms with Crippen molar-refractivity contribution in [3.8, 4) is 6.07 Å². The molecule has 0 bridgehead atoms. The lowest BCUT2D eigenvalue weighted by Gasteiger charge is -2.34. The maximum atomic E-state index is 9.19. The molecule has 0 radical (unpaired) electrons. The van der Waals surface area contributed by atoms with Gasteiger partial charge in [0.15, 0.2) is 0 Å². The van der Waals surface area contributed by atoms with Gasteiger partial charge in [0.1, 0.15) is 11.9 Å². The Morgan fingerprint density at radius 1 is 1.23 bits per heavy atom. The second-order valence-corrected chi connectivity index (χ2v) is 5.76. The summed E-state index contributed by atoms with van der Waals surface area (Å²) >= 11 is 0. The highest BCUT2D eigenvalue weighted by Gasteiger charge is 2.21. The monoisotopic (exact) mass is 292 g/mol. The molecule has 1 N–H and O–H groups in total. The zero-order valence-corrected chi connectivity index (χ0v) is 12.8. The molecule has 1 saturated heterocycles. The summed E-state index contributed by atoms with van der Waals surface area (Å²) in [5.74, 6) is 0.819. The van der Waals surface area contributed by atoms with E-state index in [1.165, 1.54) is 11.3 Å². The van der Waals surface area contributed by atoms with Crippen LogP contribution in [0.5, 0.6) is 0 Å². The van der Waals surface area contributed by atoms with Gasteiger partial charge in [0.05, 0.1) is 5.56 Å². The van der Waals surface area contributed by atoms with Gasteiger partial charge in [-0.25, -0.2) is 4.98 Å². The summed E-state index contributed by atoms with van der Waals surface area (Å²) in [6.45, 7) is 3.96. The second-order valence-electron chi connectivity index (χ2n) is 5.76. The Balaban J connectivity index is 1.62. The molecule has 1 aromatic heterocycles. The number of benzene rings is 1. The van der Waals surface area contributed by atoms with E-state index in [-0.39, 0.29) is 0 Å². The highest BCUT2D eigenvalue weighted by Crippen LogP contribution is 2.23. The normalized spacial score (nSPS) is 15.4. The number of nitriles is 1. The van der Waals surface area contributed by atoms with Gasteiger partial charge < -0.3 is 10.2 Å². The third-order valence-corrected chi connectivity index (χ3v) is 4.09. The molecule has 0 aliphatic carbocycles. The molecule has 0 unspecified atom stereocenters. The van der Waals surface area contributed by atoms with E-state index in [2.05, 4.69) is 52.5 Å². The Hall–Kier alpha value is -2.54. The highest BCUT2D eigenvalue weighted by atomic mass is 15.2. The molecule has 4 heteroatoms. The van der Waals surface area contributed by atoms with E-state index in [1.54, 1.807) is 6.20 Å². The molecular weight excluding hydrogens is 272 g/mol. The molecule has 22 heavy (non-hydrogen) atoms. The quantitative estimate of drug-likeness (QED) is 0.942. The van der Waals surface area contributed by atoms with Gasteiger partial charge in [-0.2, -0.15) is 5.26 Å². The van der Waals surface area contributed by atoms with Gasteiger partial charge in [-0.3, -0.25) is 0 Å². The molecule has 1 aromatic carbocycles. The molecule has 0 atom stereocenters. The largest absolute Gasteiger partial charge is 0.382 e. The van der Waals surface area contributed by atoms with E-state index in [0.29, 0.717) is 11.6 Å². The van der Waals surface area contributed by atoms with Crippen molar-refractivity contribution in [1.29, 1.82) is 5.26 Å². The van der Waals surface area contributed by atoms with Crippen LogP contribution in [0.3, 0.4) is 0 Å². The first kappa shape index (κ1) is 14.4. The average Bonchev–Trinajstić information content (AvgIpc) is 2.56. The highest BCUT2D eigenvalue weighted by molar-refractivity contribution is 5.54. The first-order valence-electron chi connectivity index (χ1n) is 7.69. The summed E-state index contributed by atoms with van der Waals surface area (Å²) < 4.78 is 0. The van der Waals surface area contributed by atoms with E-state index in [1.807, 2.05) is 12.1 Å². The van der Waals surface area contributed by atoms with Crippen LogP contribution >= 0.6 is 0 Å². The van der Waals surface area contributed by atoms with Crippen LogP contribution in [0.1, 0.15) is 24.0 Å². The molecule has 0 spiro atoms. The predicted molar refractivity (Wildman–Crippen MR) is 89.0 cm³/mol. The van der Waals surface area contributed by atoms with Crippen molar-refractivity contribution >= 4 is 11.5 Å². The van der Waals surface area contributed by atoms with Gasteiger partial charge in [0.2, 0.25) is 0 Å². The van der Waals surface area contributed by atoms with Crippen LogP contribution in [-0.4, -0.2) is 24.1 Å². The lowest BCUT2D eigenvalue weighted by atomic mass is 10.0. The predicted octanol–water partition coefficient (Wildman–Crippen LogP) is 3.34. The van der Waals surface area contributed by atoms with Crippen molar-refractivity contribution in [2.45, 2.75) is 25.8 Å². The Labute approximate surface area is 131 Å². The van der Waals surface area contributed by atoms with Crippen LogP contribution < -0.4 is 10.2 Å². The van der Waals surface area contributed by atoms with Crippen LogP contribution in [0, 0.1) is 18.3 Å². The lowest BCUT2D eigenvalue weighted by Crippen LogP contribution is -2.39. The molecule has 0 saturated carbocycles. The Morgan fingerprint density at radius 2 is 2.05 bits per heavy atom. The molecule has 1 aliphatic rings. The first-order chi connectivity index (χ1) is 10.8. The number of hydrogen-bond acceptors (Lipinski definition) is 4. The number of rotatable bonds is 3. The van der Waals surface area contributed by atoms with Crippen LogP contribution in [0.2, 0.25) is 0 Å². The third kappa shape index (κ3) is 3.20. The molecule has 1 aliphatic heterocycles. The molecule has 0 amide bonds. The van der Waals surface area contributed by atoms with Crippen LogP contribution in [0.4, 0.5) is 11.5 Å². The smallest absolute Gasteiger partial charge is 0.146 e. The van der Waals surface area contributed by atoms with Crippen molar-refractivity contribution in [2.75, 3.05) is 23.3 Å². The van der Waals surface area contributed by atoms with Gasteiger partial charge in [0.25, 0.3) is 0 Å². The minimum Gasteiger partial charge on any atom is -0.382 e. The number of nitrogens with one attached hydrogen (secondary N) is 1. The number of anilines is 2. The first-order valence-corrected chi connectivity index (χ1v) is 7.69. The van der Waals surface area contributed by atoms with Crippen molar-refractivity contribution in [2.24, 2.45) is 0 Å². The van der Waals surface area contributed by atoms with Crippen LogP contribution in [0.15, 0.2) is 42.6 Å². The summed E-state index contributed by atoms with van der Waals surface area (Å²) in [5.41, 5.74) is 3.12. The van der Waals surface area contributed by atoms with E-state index in [4.69, 9.17) is 0 Å². The number of aryl methyl sites for hydroxylation is 1. The number of pyridine rings is 1. The van der Waals surface area contributed by atoms with E-state index in [9.17, 15) is 5.26 Å². The van der Waals surface area contributed by atoms with Crippen molar-refractivity contribution in [1.82, 2.24) is 4.98 Å². The SMILES string of the molecule is Cc1cccc(NC2CCN(c3ncccc3C#N)CC2)c1. The summed E-state index contributed by atoms with van der Waals surface area (Å²) in [4.78, 5) is 6.59. The Morgan fingerprint density at radius 3 is 2.77 bits per heavy atom. The summed E-state index contributed by atoms with van der Waals surface area (Å²) in [6, 6.07) is 14.8. The fourth-order valence-corrected chi connectivity index (χ4v) is 2.94. The van der Waals surface area contributed by atoms with Gasteiger partial charge in [-0.15, -0.1) is 0 Å².